The highest BCUT2D eigenvalue weighted by Gasteiger charge is 2.15. The van der Waals surface area contributed by atoms with Gasteiger partial charge in [-0.05, 0) is 32.6 Å². The number of carbonyl (C=O) groups excluding carboxylic acids is 1. The van der Waals surface area contributed by atoms with E-state index in [1.54, 1.807) is 0 Å². The van der Waals surface area contributed by atoms with Crippen molar-refractivity contribution in [1.82, 2.24) is 5.32 Å². The Morgan fingerprint density at radius 1 is 1.60 bits per heavy atom. The molecule has 0 spiro atoms. The summed E-state index contributed by atoms with van der Waals surface area (Å²) in [6, 6.07) is 0.213. The first-order valence-corrected chi connectivity index (χ1v) is 6.81. The molecular formula is C11H20BrNO2. The molecule has 1 fully saturated rings. The van der Waals surface area contributed by atoms with Crippen LogP contribution in [0.5, 0.6) is 0 Å². The summed E-state index contributed by atoms with van der Waals surface area (Å²) in [7, 11) is 0. The molecule has 88 valence electrons. The monoisotopic (exact) mass is 277 g/mol. The zero-order valence-electron chi connectivity index (χ0n) is 9.30. The molecule has 2 atom stereocenters. The normalized spacial score (nSPS) is 23.5. The van der Waals surface area contributed by atoms with Crippen molar-refractivity contribution in [2.75, 3.05) is 11.9 Å². The summed E-state index contributed by atoms with van der Waals surface area (Å²) in [5.41, 5.74) is 0. The number of amides is 1. The second-order valence-electron chi connectivity index (χ2n) is 4.15. The van der Waals surface area contributed by atoms with Gasteiger partial charge in [0.1, 0.15) is 0 Å². The predicted octanol–water partition coefficient (Wildman–Crippen LogP) is 2.24. The first-order chi connectivity index (χ1) is 7.22. The molecule has 0 aromatic heterocycles. The van der Waals surface area contributed by atoms with Gasteiger partial charge in [0, 0.05) is 24.4 Å². The molecule has 0 aromatic carbocycles. The van der Waals surface area contributed by atoms with Gasteiger partial charge in [0.15, 0.2) is 0 Å². The molecule has 0 aromatic rings. The summed E-state index contributed by atoms with van der Waals surface area (Å²) in [4.78, 5) is 11.5. The van der Waals surface area contributed by atoms with Crippen LogP contribution in [0.25, 0.3) is 0 Å². The van der Waals surface area contributed by atoms with Gasteiger partial charge in [-0.2, -0.15) is 0 Å². The van der Waals surface area contributed by atoms with Crippen molar-refractivity contribution in [2.45, 2.75) is 51.2 Å². The van der Waals surface area contributed by atoms with Crippen LogP contribution in [0.4, 0.5) is 0 Å². The van der Waals surface area contributed by atoms with Crippen LogP contribution in [-0.4, -0.2) is 30.0 Å². The van der Waals surface area contributed by atoms with Crippen molar-refractivity contribution >= 4 is 21.8 Å². The summed E-state index contributed by atoms with van der Waals surface area (Å²) in [6.07, 6.45) is 5.28. The first-order valence-electron chi connectivity index (χ1n) is 5.69. The number of nitrogens with one attached hydrogen (secondary N) is 1. The van der Waals surface area contributed by atoms with Gasteiger partial charge < -0.3 is 10.1 Å². The van der Waals surface area contributed by atoms with Gasteiger partial charge in [-0.25, -0.2) is 0 Å². The van der Waals surface area contributed by atoms with E-state index < -0.39 is 0 Å². The lowest BCUT2D eigenvalue weighted by molar-refractivity contribution is -0.122. The van der Waals surface area contributed by atoms with E-state index in [1.807, 2.05) is 6.92 Å². The second-order valence-corrected chi connectivity index (χ2v) is 4.80. The maximum Gasteiger partial charge on any atom is 0.220 e. The zero-order chi connectivity index (χ0) is 11.1. The Bertz CT molecular complexity index is 193. The fraction of sp³-hybridized carbons (Fsp3) is 0.909. The van der Waals surface area contributed by atoms with Gasteiger partial charge in [0.05, 0.1) is 6.10 Å². The molecule has 1 aliphatic heterocycles. The Kier molecular flexibility index (Phi) is 6.25. The maximum absolute atomic E-state index is 11.5. The second kappa shape index (κ2) is 7.23. The van der Waals surface area contributed by atoms with Crippen LogP contribution >= 0.6 is 15.9 Å². The minimum Gasteiger partial charge on any atom is -0.378 e. The van der Waals surface area contributed by atoms with Gasteiger partial charge in [0.2, 0.25) is 5.91 Å². The summed E-state index contributed by atoms with van der Waals surface area (Å²) in [5, 5.41) is 3.73. The van der Waals surface area contributed by atoms with E-state index in [1.165, 1.54) is 12.8 Å². The Morgan fingerprint density at radius 3 is 3.00 bits per heavy atom. The van der Waals surface area contributed by atoms with Crippen LogP contribution in [0.15, 0.2) is 0 Å². The van der Waals surface area contributed by atoms with Gasteiger partial charge in [0.25, 0.3) is 0 Å². The number of hydrogen-bond acceptors (Lipinski definition) is 2. The van der Waals surface area contributed by atoms with Crippen LogP contribution in [0, 0.1) is 0 Å². The average Bonchev–Trinajstić information content (AvgIpc) is 2.27. The Labute approximate surface area is 100 Å². The van der Waals surface area contributed by atoms with E-state index in [-0.39, 0.29) is 11.9 Å². The number of rotatable bonds is 5. The molecule has 4 heteroatoms. The summed E-state index contributed by atoms with van der Waals surface area (Å²) in [5.74, 6) is 0.135. The van der Waals surface area contributed by atoms with Gasteiger partial charge in [-0.1, -0.05) is 15.9 Å². The standard InChI is InChI=1S/C11H20BrNO2/c1-9(8-12)13-11(14)6-5-10-4-2-3-7-15-10/h9-10H,2-8H2,1H3,(H,13,14). The Balaban J connectivity index is 2.10. The number of alkyl halides is 1. The highest BCUT2D eigenvalue weighted by molar-refractivity contribution is 9.09. The average molecular weight is 278 g/mol. The Hall–Kier alpha value is -0.0900. The summed E-state index contributed by atoms with van der Waals surface area (Å²) in [6.45, 7) is 2.86. The van der Waals surface area contributed by atoms with Gasteiger partial charge >= 0.3 is 0 Å². The smallest absolute Gasteiger partial charge is 0.220 e. The maximum atomic E-state index is 11.5. The van der Waals surface area contributed by atoms with E-state index in [2.05, 4.69) is 21.2 Å². The first kappa shape index (κ1) is 13.0. The highest BCUT2D eigenvalue weighted by Crippen LogP contribution is 2.16. The van der Waals surface area contributed by atoms with Crippen LogP contribution in [0.3, 0.4) is 0 Å². The highest BCUT2D eigenvalue weighted by atomic mass is 79.9. The van der Waals surface area contributed by atoms with E-state index >= 15 is 0 Å². The minimum absolute atomic E-state index is 0.135. The third-order valence-electron chi connectivity index (χ3n) is 2.61. The molecule has 1 rings (SSSR count). The van der Waals surface area contributed by atoms with Crippen LogP contribution in [0.1, 0.15) is 39.0 Å². The molecule has 2 unspecified atom stereocenters. The molecule has 15 heavy (non-hydrogen) atoms. The summed E-state index contributed by atoms with van der Waals surface area (Å²) >= 11 is 3.33. The largest absolute Gasteiger partial charge is 0.378 e. The van der Waals surface area contributed by atoms with Crippen molar-refractivity contribution in [3.63, 3.8) is 0 Å². The molecule has 1 saturated heterocycles. The zero-order valence-corrected chi connectivity index (χ0v) is 10.9. The number of hydrogen-bond donors (Lipinski definition) is 1. The van der Waals surface area contributed by atoms with E-state index in [0.29, 0.717) is 12.5 Å². The van der Waals surface area contributed by atoms with Crippen molar-refractivity contribution in [3.05, 3.63) is 0 Å². The third kappa shape index (κ3) is 5.52. The van der Waals surface area contributed by atoms with Crippen molar-refractivity contribution in [3.8, 4) is 0 Å². The lowest BCUT2D eigenvalue weighted by Crippen LogP contribution is -2.34. The molecule has 1 heterocycles. The van der Waals surface area contributed by atoms with E-state index in [4.69, 9.17) is 4.74 Å². The van der Waals surface area contributed by atoms with Crippen molar-refractivity contribution < 1.29 is 9.53 Å². The van der Waals surface area contributed by atoms with E-state index in [9.17, 15) is 4.79 Å². The molecule has 1 amide bonds. The summed E-state index contributed by atoms with van der Waals surface area (Å²) < 4.78 is 5.57. The quantitative estimate of drug-likeness (QED) is 0.783. The lowest BCUT2D eigenvalue weighted by Gasteiger charge is -2.22. The van der Waals surface area contributed by atoms with Crippen molar-refractivity contribution in [2.24, 2.45) is 0 Å². The van der Waals surface area contributed by atoms with Gasteiger partial charge in [-0.15, -0.1) is 0 Å². The fourth-order valence-electron chi connectivity index (χ4n) is 1.71. The molecule has 0 saturated carbocycles. The lowest BCUT2D eigenvalue weighted by atomic mass is 10.0. The number of ether oxygens (including phenoxy) is 1. The fourth-order valence-corrected chi connectivity index (χ4v) is 1.87. The molecule has 0 radical (unpaired) electrons. The number of halogens is 1. The van der Waals surface area contributed by atoms with Crippen LogP contribution in [0.2, 0.25) is 0 Å². The predicted molar refractivity (Wildman–Crippen MR) is 64.2 cm³/mol. The molecular weight excluding hydrogens is 258 g/mol. The minimum atomic E-state index is 0.135. The Morgan fingerprint density at radius 2 is 2.40 bits per heavy atom. The van der Waals surface area contributed by atoms with Gasteiger partial charge in [-0.3, -0.25) is 4.79 Å². The SMILES string of the molecule is CC(CBr)NC(=O)CCC1CCCCO1. The van der Waals surface area contributed by atoms with E-state index in [0.717, 1.165) is 24.8 Å². The molecule has 0 aliphatic carbocycles. The van der Waals surface area contributed by atoms with Crippen LogP contribution < -0.4 is 5.32 Å². The molecule has 3 nitrogen and oxygen atoms in total. The molecule has 1 aliphatic rings. The molecule has 0 bridgehead atoms. The topological polar surface area (TPSA) is 38.3 Å². The number of carbonyl (C=O) groups is 1. The van der Waals surface area contributed by atoms with Crippen molar-refractivity contribution in [1.29, 1.82) is 0 Å². The molecule has 1 N–H and O–H groups in total. The van der Waals surface area contributed by atoms with Crippen LogP contribution in [-0.2, 0) is 9.53 Å². The third-order valence-corrected chi connectivity index (χ3v) is 3.58.